The number of aromatic nitrogens is 2. The van der Waals surface area contributed by atoms with Gasteiger partial charge in [-0.05, 0) is 17.7 Å². The number of hydrogen-bond acceptors (Lipinski definition) is 2. The number of rotatable bonds is 1. The van der Waals surface area contributed by atoms with E-state index < -0.39 is 0 Å². The Morgan fingerprint density at radius 2 is 2.19 bits per heavy atom. The van der Waals surface area contributed by atoms with E-state index in [4.69, 9.17) is 5.26 Å². The number of benzene rings is 1. The second-order valence-corrected chi connectivity index (χ2v) is 3.72. The first kappa shape index (κ1) is 8.93. The topological polar surface area (TPSA) is 52.5 Å². The molecule has 0 amide bonds. The van der Waals surface area contributed by atoms with Crippen molar-refractivity contribution in [2.75, 3.05) is 0 Å². The largest absolute Gasteiger partial charge is 0.353 e. The summed E-state index contributed by atoms with van der Waals surface area (Å²) in [4.78, 5) is 7.39. The summed E-state index contributed by atoms with van der Waals surface area (Å²) in [5, 5.41) is 11.1. The van der Waals surface area contributed by atoms with Crippen molar-refractivity contribution in [3.05, 3.63) is 42.2 Å². The van der Waals surface area contributed by atoms with Crippen LogP contribution in [0.3, 0.4) is 0 Å². The van der Waals surface area contributed by atoms with Gasteiger partial charge in [0.05, 0.1) is 24.2 Å². The minimum atomic E-state index is 0.437. The van der Waals surface area contributed by atoms with Gasteiger partial charge in [-0.1, -0.05) is 12.1 Å². The number of aromatic amines is 1. The molecular weight excluding hydrogens is 198 g/mol. The molecule has 0 saturated carbocycles. The van der Waals surface area contributed by atoms with E-state index in [1.807, 2.05) is 30.5 Å². The Labute approximate surface area is 92.3 Å². The fourth-order valence-corrected chi connectivity index (χ4v) is 2.11. The average molecular weight is 207 g/mol. The van der Waals surface area contributed by atoms with Crippen molar-refractivity contribution in [3.63, 3.8) is 0 Å². The highest BCUT2D eigenvalue weighted by Crippen LogP contribution is 2.27. The highest BCUT2D eigenvalue weighted by molar-refractivity contribution is 6.08. The molecule has 1 aromatic carbocycles. The lowest BCUT2D eigenvalue weighted by Gasteiger charge is -1.97. The molecule has 0 radical (unpaired) electrons. The van der Waals surface area contributed by atoms with Crippen LogP contribution in [0, 0.1) is 11.3 Å². The van der Waals surface area contributed by atoms with Crippen molar-refractivity contribution in [1.29, 1.82) is 5.26 Å². The normalized spacial score (nSPS) is 10.7. The standard InChI is InChI=1S/C13H9N3/c14-6-4-9-2-1-3-11-13(9)10-5-7-15-8-12(10)16-11/h1-3,5,7-8,16H,4H2. The van der Waals surface area contributed by atoms with Gasteiger partial charge < -0.3 is 4.98 Å². The lowest BCUT2D eigenvalue weighted by atomic mass is 10.1. The number of hydrogen-bond donors (Lipinski definition) is 1. The van der Waals surface area contributed by atoms with Crippen LogP contribution in [0.2, 0.25) is 0 Å². The number of H-pyrrole nitrogens is 1. The molecule has 0 spiro atoms. The summed E-state index contributed by atoms with van der Waals surface area (Å²) in [6, 6.07) is 10.2. The molecule has 3 nitrogen and oxygen atoms in total. The Bertz CT molecular complexity index is 704. The number of nitrogens with zero attached hydrogens (tertiary/aromatic N) is 2. The second kappa shape index (κ2) is 3.35. The van der Waals surface area contributed by atoms with Crippen molar-refractivity contribution < 1.29 is 0 Å². The number of fused-ring (bicyclic) bond motifs is 3. The van der Waals surface area contributed by atoms with Gasteiger partial charge in [0.15, 0.2) is 0 Å². The summed E-state index contributed by atoms with van der Waals surface area (Å²) in [5.41, 5.74) is 3.15. The molecule has 0 aliphatic carbocycles. The van der Waals surface area contributed by atoms with E-state index in [0.29, 0.717) is 6.42 Å². The smallest absolute Gasteiger partial charge is 0.0669 e. The van der Waals surface area contributed by atoms with Crippen LogP contribution in [0.1, 0.15) is 5.56 Å². The molecule has 0 atom stereocenters. The predicted octanol–water partition coefficient (Wildman–Crippen LogP) is 2.78. The lowest BCUT2D eigenvalue weighted by Crippen LogP contribution is -1.82. The number of nitrogens with one attached hydrogen (secondary N) is 1. The van der Waals surface area contributed by atoms with E-state index >= 15 is 0 Å². The SMILES string of the molecule is N#CCc1cccc2[nH]c3cnccc3c12. The van der Waals surface area contributed by atoms with Gasteiger partial charge in [0, 0.05) is 22.5 Å². The van der Waals surface area contributed by atoms with Gasteiger partial charge in [0.1, 0.15) is 0 Å². The van der Waals surface area contributed by atoms with Gasteiger partial charge in [-0.2, -0.15) is 5.26 Å². The van der Waals surface area contributed by atoms with Crippen molar-refractivity contribution in [2.45, 2.75) is 6.42 Å². The molecule has 3 aromatic rings. The molecule has 2 aromatic heterocycles. The monoisotopic (exact) mass is 207 g/mol. The maximum Gasteiger partial charge on any atom is 0.0669 e. The van der Waals surface area contributed by atoms with Crippen LogP contribution in [0.25, 0.3) is 21.8 Å². The third kappa shape index (κ3) is 1.17. The fraction of sp³-hybridized carbons (Fsp3) is 0.0769. The van der Waals surface area contributed by atoms with E-state index in [2.05, 4.69) is 16.0 Å². The van der Waals surface area contributed by atoms with Gasteiger partial charge in [-0.3, -0.25) is 4.98 Å². The van der Waals surface area contributed by atoms with Crippen molar-refractivity contribution in [2.24, 2.45) is 0 Å². The number of pyridine rings is 1. The molecule has 0 bridgehead atoms. The molecular formula is C13H9N3. The molecule has 76 valence electrons. The van der Waals surface area contributed by atoms with Crippen LogP contribution in [0.15, 0.2) is 36.7 Å². The van der Waals surface area contributed by atoms with E-state index in [9.17, 15) is 0 Å². The zero-order chi connectivity index (χ0) is 11.0. The molecule has 3 rings (SSSR count). The Kier molecular flexibility index (Phi) is 1.87. The Hall–Kier alpha value is -2.34. The van der Waals surface area contributed by atoms with Gasteiger partial charge in [0.25, 0.3) is 0 Å². The van der Waals surface area contributed by atoms with E-state index in [1.165, 1.54) is 0 Å². The van der Waals surface area contributed by atoms with Crippen LogP contribution in [0.5, 0.6) is 0 Å². The third-order valence-electron chi connectivity index (χ3n) is 2.78. The first-order chi connectivity index (χ1) is 7.90. The predicted molar refractivity (Wildman–Crippen MR) is 62.9 cm³/mol. The molecule has 3 heteroatoms. The van der Waals surface area contributed by atoms with Crippen LogP contribution in [0.4, 0.5) is 0 Å². The van der Waals surface area contributed by atoms with Crippen molar-refractivity contribution in [3.8, 4) is 6.07 Å². The summed E-state index contributed by atoms with van der Waals surface area (Å²) in [6.07, 6.45) is 4.02. The van der Waals surface area contributed by atoms with E-state index in [0.717, 1.165) is 27.4 Å². The van der Waals surface area contributed by atoms with Crippen molar-refractivity contribution >= 4 is 21.8 Å². The van der Waals surface area contributed by atoms with Gasteiger partial charge in [-0.15, -0.1) is 0 Å². The van der Waals surface area contributed by atoms with Crippen LogP contribution in [-0.4, -0.2) is 9.97 Å². The quantitative estimate of drug-likeness (QED) is 0.667. The second-order valence-electron chi connectivity index (χ2n) is 3.72. The minimum absolute atomic E-state index is 0.437. The first-order valence-electron chi connectivity index (χ1n) is 5.10. The van der Waals surface area contributed by atoms with Crippen LogP contribution in [-0.2, 0) is 6.42 Å². The highest BCUT2D eigenvalue weighted by atomic mass is 14.7. The maximum atomic E-state index is 8.82. The molecule has 0 saturated heterocycles. The minimum Gasteiger partial charge on any atom is -0.353 e. The lowest BCUT2D eigenvalue weighted by molar-refractivity contribution is 1.29. The van der Waals surface area contributed by atoms with Crippen LogP contribution >= 0.6 is 0 Å². The summed E-state index contributed by atoms with van der Waals surface area (Å²) >= 11 is 0. The third-order valence-corrected chi connectivity index (χ3v) is 2.78. The molecule has 0 unspecified atom stereocenters. The molecule has 0 fully saturated rings. The zero-order valence-electron chi connectivity index (χ0n) is 8.57. The van der Waals surface area contributed by atoms with Gasteiger partial charge in [-0.25, -0.2) is 0 Å². The highest BCUT2D eigenvalue weighted by Gasteiger charge is 2.07. The summed E-state index contributed by atoms with van der Waals surface area (Å²) in [5.74, 6) is 0. The number of nitriles is 1. The summed E-state index contributed by atoms with van der Waals surface area (Å²) in [7, 11) is 0. The fourth-order valence-electron chi connectivity index (χ4n) is 2.11. The Balaban J connectivity index is 2.48. The van der Waals surface area contributed by atoms with Crippen molar-refractivity contribution in [1.82, 2.24) is 9.97 Å². The summed E-state index contributed by atoms with van der Waals surface area (Å²) in [6.45, 7) is 0. The first-order valence-corrected chi connectivity index (χ1v) is 5.10. The van der Waals surface area contributed by atoms with E-state index in [1.54, 1.807) is 6.20 Å². The van der Waals surface area contributed by atoms with Gasteiger partial charge >= 0.3 is 0 Å². The molecule has 0 aliphatic rings. The van der Waals surface area contributed by atoms with Crippen LogP contribution < -0.4 is 0 Å². The maximum absolute atomic E-state index is 8.82. The molecule has 2 heterocycles. The average Bonchev–Trinajstić information content (AvgIpc) is 2.68. The molecule has 1 N–H and O–H groups in total. The Morgan fingerprint density at radius 1 is 1.25 bits per heavy atom. The Morgan fingerprint density at radius 3 is 3.06 bits per heavy atom. The van der Waals surface area contributed by atoms with Gasteiger partial charge in [0.2, 0.25) is 0 Å². The summed E-state index contributed by atoms with van der Waals surface area (Å²) < 4.78 is 0. The molecule has 16 heavy (non-hydrogen) atoms. The van der Waals surface area contributed by atoms with E-state index in [-0.39, 0.29) is 0 Å². The molecule has 0 aliphatic heterocycles. The zero-order valence-corrected chi connectivity index (χ0v) is 8.57.